The summed E-state index contributed by atoms with van der Waals surface area (Å²) in [4.78, 5) is 10.5. The van der Waals surface area contributed by atoms with Crippen LogP contribution in [0.15, 0.2) is 0 Å². The van der Waals surface area contributed by atoms with E-state index in [9.17, 15) is 4.79 Å². The van der Waals surface area contributed by atoms with Gasteiger partial charge in [0.2, 0.25) is 0 Å². The Hall–Kier alpha value is -0.570. The van der Waals surface area contributed by atoms with E-state index in [0.717, 1.165) is 12.8 Å². The van der Waals surface area contributed by atoms with Crippen LogP contribution in [0.5, 0.6) is 0 Å². The smallest absolute Gasteiger partial charge is 0.306 e. The van der Waals surface area contributed by atoms with Crippen LogP contribution in [0, 0.1) is 11.8 Å². The van der Waals surface area contributed by atoms with Crippen LogP contribution in [0.2, 0.25) is 0 Å². The van der Waals surface area contributed by atoms with Crippen molar-refractivity contribution in [3.05, 3.63) is 0 Å². The first-order valence-corrected chi connectivity index (χ1v) is 4.06. The zero-order chi connectivity index (χ0) is 8.27. The maximum absolute atomic E-state index is 10.5. The molecule has 1 aliphatic rings. The molecule has 1 rings (SSSR count). The maximum Gasteiger partial charge on any atom is 0.306 e. The normalized spacial score (nSPS) is 29.5. The van der Waals surface area contributed by atoms with Gasteiger partial charge in [0.15, 0.2) is 0 Å². The molecule has 0 bridgehead atoms. The van der Waals surface area contributed by atoms with Gasteiger partial charge >= 0.3 is 5.97 Å². The van der Waals surface area contributed by atoms with Gasteiger partial charge in [0.05, 0.1) is 12.5 Å². The molecule has 0 aromatic carbocycles. The van der Waals surface area contributed by atoms with Crippen molar-refractivity contribution in [1.29, 1.82) is 0 Å². The zero-order valence-electron chi connectivity index (χ0n) is 6.75. The molecule has 3 heteroatoms. The Morgan fingerprint density at radius 1 is 1.64 bits per heavy atom. The van der Waals surface area contributed by atoms with Gasteiger partial charge in [0.1, 0.15) is 0 Å². The van der Waals surface area contributed by atoms with Crippen LogP contribution in [0.4, 0.5) is 0 Å². The summed E-state index contributed by atoms with van der Waals surface area (Å²) >= 11 is 0. The zero-order valence-corrected chi connectivity index (χ0v) is 6.75. The average molecular weight is 158 g/mol. The van der Waals surface area contributed by atoms with Crippen LogP contribution in [-0.4, -0.2) is 24.3 Å². The lowest BCUT2D eigenvalue weighted by molar-refractivity contribution is -0.149. The Bertz CT molecular complexity index is 144. The van der Waals surface area contributed by atoms with Gasteiger partial charge in [-0.3, -0.25) is 4.79 Å². The standard InChI is InChI=1S/C8H14O3/c1-2-11-5-6-3-4-7(6)8(9)10/h6-7H,2-5H2,1H3,(H,9,10). The van der Waals surface area contributed by atoms with Crippen molar-refractivity contribution in [2.45, 2.75) is 19.8 Å². The van der Waals surface area contributed by atoms with Gasteiger partial charge in [-0.15, -0.1) is 0 Å². The molecule has 2 atom stereocenters. The van der Waals surface area contributed by atoms with Crippen molar-refractivity contribution in [2.75, 3.05) is 13.2 Å². The van der Waals surface area contributed by atoms with Crippen molar-refractivity contribution < 1.29 is 14.6 Å². The lowest BCUT2D eigenvalue weighted by Gasteiger charge is -2.32. The van der Waals surface area contributed by atoms with Crippen LogP contribution < -0.4 is 0 Å². The van der Waals surface area contributed by atoms with Gasteiger partial charge in [0, 0.05) is 6.61 Å². The molecular weight excluding hydrogens is 144 g/mol. The third-order valence-corrected chi connectivity index (χ3v) is 2.27. The van der Waals surface area contributed by atoms with Gasteiger partial charge < -0.3 is 9.84 Å². The van der Waals surface area contributed by atoms with Gasteiger partial charge in [-0.1, -0.05) is 0 Å². The lowest BCUT2D eigenvalue weighted by Crippen LogP contribution is -2.35. The Morgan fingerprint density at radius 2 is 2.36 bits per heavy atom. The van der Waals surface area contributed by atoms with Crippen LogP contribution in [-0.2, 0) is 9.53 Å². The van der Waals surface area contributed by atoms with Gasteiger partial charge in [-0.25, -0.2) is 0 Å². The molecular formula is C8H14O3. The molecule has 0 aromatic heterocycles. The van der Waals surface area contributed by atoms with E-state index in [4.69, 9.17) is 9.84 Å². The summed E-state index contributed by atoms with van der Waals surface area (Å²) in [6, 6.07) is 0. The summed E-state index contributed by atoms with van der Waals surface area (Å²) in [5, 5.41) is 8.65. The van der Waals surface area contributed by atoms with E-state index in [1.54, 1.807) is 0 Å². The Labute approximate surface area is 66.4 Å². The largest absolute Gasteiger partial charge is 0.481 e. The van der Waals surface area contributed by atoms with Crippen molar-refractivity contribution in [3.63, 3.8) is 0 Å². The highest BCUT2D eigenvalue weighted by molar-refractivity contribution is 5.71. The number of carboxylic acid groups (broad SMARTS) is 1. The molecule has 1 N–H and O–H groups in total. The second kappa shape index (κ2) is 3.72. The van der Waals surface area contributed by atoms with E-state index in [2.05, 4.69) is 0 Å². The van der Waals surface area contributed by atoms with Crippen LogP contribution in [0.3, 0.4) is 0 Å². The Balaban J connectivity index is 2.20. The Morgan fingerprint density at radius 3 is 2.73 bits per heavy atom. The number of aliphatic carboxylic acids is 1. The SMILES string of the molecule is CCOCC1CCC1C(=O)O. The highest BCUT2D eigenvalue weighted by Crippen LogP contribution is 2.34. The minimum Gasteiger partial charge on any atom is -0.481 e. The summed E-state index contributed by atoms with van der Waals surface area (Å²) in [7, 11) is 0. The van der Waals surface area contributed by atoms with E-state index in [-0.39, 0.29) is 11.8 Å². The second-order valence-corrected chi connectivity index (χ2v) is 2.94. The third-order valence-electron chi connectivity index (χ3n) is 2.27. The highest BCUT2D eigenvalue weighted by Gasteiger charge is 2.36. The Kier molecular flexibility index (Phi) is 2.88. The predicted octanol–water partition coefficient (Wildman–Crippen LogP) is 1.13. The van der Waals surface area contributed by atoms with Crippen LogP contribution >= 0.6 is 0 Å². The first-order valence-electron chi connectivity index (χ1n) is 4.06. The van der Waals surface area contributed by atoms with E-state index in [1.165, 1.54) is 0 Å². The molecule has 1 aliphatic carbocycles. The number of ether oxygens (including phenoxy) is 1. The second-order valence-electron chi connectivity index (χ2n) is 2.94. The van der Waals surface area contributed by atoms with Gasteiger partial charge in [-0.05, 0) is 25.7 Å². The molecule has 0 aromatic rings. The first-order chi connectivity index (χ1) is 5.25. The van der Waals surface area contributed by atoms with Gasteiger partial charge in [0.25, 0.3) is 0 Å². The topological polar surface area (TPSA) is 46.5 Å². The van der Waals surface area contributed by atoms with Crippen molar-refractivity contribution >= 4 is 5.97 Å². The molecule has 0 amide bonds. The van der Waals surface area contributed by atoms with E-state index in [0.29, 0.717) is 13.2 Å². The number of carbonyl (C=O) groups is 1. The fourth-order valence-corrected chi connectivity index (χ4v) is 1.36. The van der Waals surface area contributed by atoms with Crippen molar-refractivity contribution in [1.82, 2.24) is 0 Å². The molecule has 0 radical (unpaired) electrons. The minimum atomic E-state index is -0.666. The average Bonchev–Trinajstić information content (AvgIpc) is 1.84. The van der Waals surface area contributed by atoms with Crippen LogP contribution in [0.1, 0.15) is 19.8 Å². The minimum absolute atomic E-state index is 0.137. The van der Waals surface area contributed by atoms with Crippen molar-refractivity contribution in [2.24, 2.45) is 11.8 Å². The third kappa shape index (κ3) is 1.93. The van der Waals surface area contributed by atoms with E-state index < -0.39 is 5.97 Å². The van der Waals surface area contributed by atoms with E-state index >= 15 is 0 Å². The van der Waals surface area contributed by atoms with Gasteiger partial charge in [-0.2, -0.15) is 0 Å². The summed E-state index contributed by atoms with van der Waals surface area (Å²) in [5.41, 5.74) is 0. The molecule has 0 heterocycles. The molecule has 0 spiro atoms. The monoisotopic (exact) mass is 158 g/mol. The molecule has 64 valence electrons. The molecule has 0 aliphatic heterocycles. The molecule has 11 heavy (non-hydrogen) atoms. The highest BCUT2D eigenvalue weighted by atomic mass is 16.5. The first kappa shape index (κ1) is 8.53. The van der Waals surface area contributed by atoms with Crippen molar-refractivity contribution in [3.8, 4) is 0 Å². The number of hydrogen-bond donors (Lipinski definition) is 1. The number of rotatable bonds is 4. The summed E-state index contributed by atoms with van der Waals surface area (Å²) < 4.78 is 5.15. The molecule has 2 unspecified atom stereocenters. The summed E-state index contributed by atoms with van der Waals surface area (Å²) in [6.45, 7) is 3.23. The molecule has 1 saturated carbocycles. The molecule has 1 fully saturated rings. The molecule has 3 nitrogen and oxygen atoms in total. The lowest BCUT2D eigenvalue weighted by atomic mass is 9.74. The maximum atomic E-state index is 10.5. The quantitative estimate of drug-likeness (QED) is 0.667. The predicted molar refractivity (Wildman–Crippen MR) is 40.3 cm³/mol. The van der Waals surface area contributed by atoms with Crippen LogP contribution in [0.25, 0.3) is 0 Å². The van der Waals surface area contributed by atoms with E-state index in [1.807, 2.05) is 6.92 Å². The fourth-order valence-electron chi connectivity index (χ4n) is 1.36. The summed E-state index contributed by atoms with van der Waals surface area (Å²) in [5.74, 6) is -0.532. The number of carboxylic acids is 1. The summed E-state index contributed by atoms with van der Waals surface area (Å²) in [6.07, 6.45) is 1.84. The molecule has 0 saturated heterocycles. The fraction of sp³-hybridized carbons (Fsp3) is 0.875. The number of hydrogen-bond acceptors (Lipinski definition) is 2.